The molecule has 0 bridgehead atoms. The number of benzene rings is 2. The van der Waals surface area contributed by atoms with Gasteiger partial charge in [-0.3, -0.25) is 14.9 Å². The third-order valence-electron chi connectivity index (χ3n) is 3.76. The van der Waals surface area contributed by atoms with Crippen molar-refractivity contribution >= 4 is 33.2 Å². The topological polar surface area (TPSA) is 63.4 Å². The van der Waals surface area contributed by atoms with Crippen molar-refractivity contribution in [1.29, 1.82) is 0 Å². The number of nitro benzene ring substituents is 1. The molecule has 1 aliphatic heterocycles. The number of carbonyl (C=O) groups is 1. The van der Waals surface area contributed by atoms with Gasteiger partial charge in [-0.05, 0) is 29.7 Å². The standard InChI is InChI=1S/C16H13BrN2O3/c17-14-4-2-1-3-12(14)10-18-15-7-6-13(19(21)22)9-11(15)5-8-16(18)20/h1-4,6-7,9H,5,8,10H2. The van der Waals surface area contributed by atoms with Gasteiger partial charge in [0.2, 0.25) is 5.91 Å². The number of fused-ring (bicyclic) bond motifs is 1. The molecule has 0 unspecified atom stereocenters. The fraction of sp³-hybridized carbons (Fsp3) is 0.188. The van der Waals surface area contributed by atoms with Gasteiger partial charge in [0.1, 0.15) is 0 Å². The Balaban J connectivity index is 1.97. The van der Waals surface area contributed by atoms with Crippen molar-refractivity contribution in [3.05, 3.63) is 68.2 Å². The molecule has 6 heteroatoms. The number of hydrogen-bond acceptors (Lipinski definition) is 3. The van der Waals surface area contributed by atoms with Crippen molar-refractivity contribution in [2.75, 3.05) is 4.90 Å². The Bertz CT molecular complexity index is 761. The van der Waals surface area contributed by atoms with Crippen LogP contribution in [0.4, 0.5) is 11.4 Å². The molecule has 0 atom stereocenters. The Kier molecular flexibility index (Phi) is 3.94. The van der Waals surface area contributed by atoms with E-state index in [0.29, 0.717) is 19.4 Å². The Labute approximate surface area is 135 Å². The Morgan fingerprint density at radius 3 is 2.68 bits per heavy atom. The minimum absolute atomic E-state index is 0.0390. The van der Waals surface area contributed by atoms with Crippen molar-refractivity contribution in [3.63, 3.8) is 0 Å². The number of hydrogen-bond donors (Lipinski definition) is 0. The smallest absolute Gasteiger partial charge is 0.269 e. The zero-order valence-corrected chi connectivity index (χ0v) is 13.2. The number of rotatable bonds is 3. The second-order valence-electron chi connectivity index (χ2n) is 5.14. The molecule has 0 saturated carbocycles. The van der Waals surface area contributed by atoms with E-state index in [1.807, 2.05) is 24.3 Å². The van der Waals surface area contributed by atoms with Crippen LogP contribution in [0.5, 0.6) is 0 Å². The molecule has 5 nitrogen and oxygen atoms in total. The molecule has 1 aliphatic rings. The first kappa shape index (κ1) is 14.7. The summed E-state index contributed by atoms with van der Waals surface area (Å²) in [5, 5.41) is 10.9. The van der Waals surface area contributed by atoms with Crippen molar-refractivity contribution in [2.45, 2.75) is 19.4 Å². The zero-order chi connectivity index (χ0) is 15.7. The fourth-order valence-electron chi connectivity index (χ4n) is 2.63. The molecular weight excluding hydrogens is 348 g/mol. The van der Waals surface area contributed by atoms with E-state index >= 15 is 0 Å². The predicted molar refractivity (Wildman–Crippen MR) is 86.7 cm³/mol. The summed E-state index contributed by atoms with van der Waals surface area (Å²) in [4.78, 5) is 24.4. The number of anilines is 1. The molecule has 0 radical (unpaired) electrons. The average Bonchev–Trinajstić information content (AvgIpc) is 2.51. The van der Waals surface area contributed by atoms with Gasteiger partial charge in [0.15, 0.2) is 0 Å². The summed E-state index contributed by atoms with van der Waals surface area (Å²) in [7, 11) is 0. The highest BCUT2D eigenvalue weighted by Crippen LogP contribution is 2.33. The summed E-state index contributed by atoms with van der Waals surface area (Å²) < 4.78 is 0.942. The molecule has 0 saturated heterocycles. The van der Waals surface area contributed by atoms with Crippen molar-refractivity contribution in [3.8, 4) is 0 Å². The number of amides is 1. The maximum atomic E-state index is 12.3. The van der Waals surface area contributed by atoms with E-state index in [1.54, 1.807) is 17.0 Å². The second kappa shape index (κ2) is 5.88. The van der Waals surface area contributed by atoms with Crippen LogP contribution in [-0.2, 0) is 17.8 Å². The first-order chi connectivity index (χ1) is 10.6. The molecule has 0 aromatic heterocycles. The van der Waals surface area contributed by atoms with Gasteiger partial charge in [-0.1, -0.05) is 34.1 Å². The van der Waals surface area contributed by atoms with Gasteiger partial charge < -0.3 is 4.90 Å². The van der Waals surface area contributed by atoms with Crippen LogP contribution in [-0.4, -0.2) is 10.8 Å². The minimum Gasteiger partial charge on any atom is -0.308 e. The number of nitro groups is 1. The van der Waals surface area contributed by atoms with E-state index in [-0.39, 0.29) is 11.6 Å². The van der Waals surface area contributed by atoms with Crippen molar-refractivity contribution < 1.29 is 9.72 Å². The lowest BCUT2D eigenvalue weighted by Gasteiger charge is -2.29. The molecule has 2 aromatic rings. The molecule has 0 N–H and O–H groups in total. The van der Waals surface area contributed by atoms with E-state index in [9.17, 15) is 14.9 Å². The largest absolute Gasteiger partial charge is 0.308 e. The maximum Gasteiger partial charge on any atom is 0.269 e. The highest BCUT2D eigenvalue weighted by molar-refractivity contribution is 9.10. The summed E-state index contributed by atoms with van der Waals surface area (Å²) >= 11 is 3.49. The van der Waals surface area contributed by atoms with Gasteiger partial charge in [0, 0.05) is 28.7 Å². The average molecular weight is 361 g/mol. The van der Waals surface area contributed by atoms with Gasteiger partial charge in [-0.15, -0.1) is 0 Å². The Hall–Kier alpha value is -2.21. The molecule has 2 aromatic carbocycles. The monoisotopic (exact) mass is 360 g/mol. The summed E-state index contributed by atoms with van der Waals surface area (Å²) in [6.45, 7) is 0.449. The lowest BCUT2D eigenvalue weighted by molar-refractivity contribution is -0.384. The van der Waals surface area contributed by atoms with E-state index < -0.39 is 4.92 Å². The molecule has 0 spiro atoms. The summed E-state index contributed by atoms with van der Waals surface area (Å²) in [6.07, 6.45) is 0.918. The van der Waals surface area contributed by atoms with Crippen LogP contribution < -0.4 is 4.90 Å². The number of carbonyl (C=O) groups excluding carboxylic acids is 1. The SMILES string of the molecule is O=C1CCc2cc([N+](=O)[O-])ccc2N1Cc1ccccc1Br. The first-order valence-electron chi connectivity index (χ1n) is 6.87. The van der Waals surface area contributed by atoms with Gasteiger partial charge >= 0.3 is 0 Å². The fourth-order valence-corrected chi connectivity index (χ4v) is 3.04. The number of aryl methyl sites for hydroxylation is 1. The molecule has 3 rings (SSSR count). The van der Waals surface area contributed by atoms with Gasteiger partial charge in [0.25, 0.3) is 5.69 Å². The molecule has 1 heterocycles. The van der Waals surface area contributed by atoms with Gasteiger partial charge in [-0.25, -0.2) is 0 Å². The zero-order valence-electron chi connectivity index (χ0n) is 11.7. The van der Waals surface area contributed by atoms with Crippen molar-refractivity contribution in [2.24, 2.45) is 0 Å². The molecule has 0 aliphatic carbocycles. The number of halogens is 1. The molecular formula is C16H13BrN2O3. The molecule has 0 fully saturated rings. The third-order valence-corrected chi connectivity index (χ3v) is 4.53. The van der Waals surface area contributed by atoms with Gasteiger partial charge in [-0.2, -0.15) is 0 Å². The molecule has 1 amide bonds. The maximum absolute atomic E-state index is 12.3. The summed E-state index contributed by atoms with van der Waals surface area (Å²) in [6, 6.07) is 12.4. The second-order valence-corrected chi connectivity index (χ2v) is 6.00. The van der Waals surface area contributed by atoms with Crippen LogP contribution >= 0.6 is 15.9 Å². The predicted octanol–water partition coefficient (Wildman–Crippen LogP) is 3.84. The Morgan fingerprint density at radius 2 is 1.95 bits per heavy atom. The summed E-state index contributed by atoms with van der Waals surface area (Å²) in [5.41, 5.74) is 2.68. The third kappa shape index (κ3) is 2.74. The van der Waals surface area contributed by atoms with Crippen LogP contribution in [0.1, 0.15) is 17.5 Å². The highest BCUT2D eigenvalue weighted by atomic mass is 79.9. The minimum atomic E-state index is -0.408. The van der Waals surface area contributed by atoms with E-state index in [2.05, 4.69) is 15.9 Å². The van der Waals surface area contributed by atoms with Crippen LogP contribution in [0.3, 0.4) is 0 Å². The van der Waals surface area contributed by atoms with Crippen LogP contribution in [0.15, 0.2) is 46.9 Å². The van der Waals surface area contributed by atoms with Crippen LogP contribution in [0.2, 0.25) is 0 Å². The number of nitrogens with zero attached hydrogens (tertiary/aromatic N) is 2. The number of non-ortho nitro benzene ring substituents is 1. The Morgan fingerprint density at radius 1 is 1.18 bits per heavy atom. The quantitative estimate of drug-likeness (QED) is 0.616. The highest BCUT2D eigenvalue weighted by Gasteiger charge is 2.26. The normalized spacial score (nSPS) is 13.9. The lowest BCUT2D eigenvalue weighted by atomic mass is 9.99. The van der Waals surface area contributed by atoms with E-state index in [1.165, 1.54) is 6.07 Å². The first-order valence-corrected chi connectivity index (χ1v) is 7.66. The lowest BCUT2D eigenvalue weighted by Crippen LogP contribution is -2.34. The summed E-state index contributed by atoms with van der Waals surface area (Å²) in [5.74, 6) is 0.0390. The van der Waals surface area contributed by atoms with Crippen molar-refractivity contribution in [1.82, 2.24) is 0 Å². The van der Waals surface area contributed by atoms with Crippen LogP contribution in [0, 0.1) is 10.1 Å². The molecule has 22 heavy (non-hydrogen) atoms. The van der Waals surface area contributed by atoms with Gasteiger partial charge in [0.05, 0.1) is 11.5 Å². The van der Waals surface area contributed by atoms with E-state index in [0.717, 1.165) is 21.3 Å². The van der Waals surface area contributed by atoms with E-state index in [4.69, 9.17) is 0 Å². The molecule has 112 valence electrons. The van der Waals surface area contributed by atoms with Crippen LogP contribution in [0.25, 0.3) is 0 Å².